The number of benzene rings is 2. The minimum atomic E-state index is 0.0118. The van der Waals surface area contributed by atoms with Crippen LogP contribution < -0.4 is 0 Å². The van der Waals surface area contributed by atoms with Crippen molar-refractivity contribution < 1.29 is 9.59 Å². The summed E-state index contributed by atoms with van der Waals surface area (Å²) in [6, 6.07) is 13.1. The molecule has 0 spiro atoms. The Balaban J connectivity index is 1.56. The molecule has 0 heterocycles. The van der Waals surface area contributed by atoms with Gasteiger partial charge in [0.1, 0.15) is 0 Å². The van der Waals surface area contributed by atoms with E-state index in [9.17, 15) is 9.59 Å². The van der Waals surface area contributed by atoms with Crippen molar-refractivity contribution in [2.45, 2.75) is 117 Å². The second-order valence-electron chi connectivity index (χ2n) is 10.1. The first-order chi connectivity index (χ1) is 16.5. The van der Waals surface area contributed by atoms with Gasteiger partial charge < -0.3 is 0 Å². The summed E-state index contributed by atoms with van der Waals surface area (Å²) < 4.78 is 0. The molecule has 0 aliphatic heterocycles. The molecule has 2 nitrogen and oxygen atoms in total. The van der Waals surface area contributed by atoms with Crippen molar-refractivity contribution in [2.75, 3.05) is 0 Å². The second-order valence-corrected chi connectivity index (χ2v) is 10.1. The molecule has 186 valence electrons. The normalized spacial score (nSPS) is 11.0. The van der Waals surface area contributed by atoms with E-state index in [1.54, 1.807) is 12.1 Å². The zero-order valence-corrected chi connectivity index (χ0v) is 22.0. The van der Waals surface area contributed by atoms with Gasteiger partial charge in [0.15, 0.2) is 11.6 Å². The SMILES string of the molecule is CCCCCCCCCCCCCCCCC(=O)c1ccc(C(=O)c2cc(C)cc(C)c2)cc1. The van der Waals surface area contributed by atoms with E-state index in [1.807, 2.05) is 38.1 Å². The van der Waals surface area contributed by atoms with Crippen LogP contribution in [0.25, 0.3) is 0 Å². The number of carbonyl (C=O) groups excluding carboxylic acids is 2. The molecule has 0 atom stereocenters. The third-order valence-electron chi connectivity index (χ3n) is 6.71. The lowest BCUT2D eigenvalue weighted by molar-refractivity contribution is 0.0977. The summed E-state index contributed by atoms with van der Waals surface area (Å²) in [5, 5.41) is 0. The maximum absolute atomic E-state index is 12.8. The van der Waals surface area contributed by atoms with E-state index in [0.717, 1.165) is 24.0 Å². The average Bonchev–Trinajstić information content (AvgIpc) is 2.83. The third kappa shape index (κ3) is 10.8. The molecule has 0 N–H and O–H groups in total. The summed E-state index contributed by atoms with van der Waals surface area (Å²) in [6.45, 7) is 6.28. The van der Waals surface area contributed by atoms with Crippen molar-refractivity contribution in [3.63, 3.8) is 0 Å². The number of hydrogen-bond acceptors (Lipinski definition) is 2. The molecule has 0 aliphatic rings. The fraction of sp³-hybridized carbons (Fsp3) is 0.562. The number of carbonyl (C=O) groups is 2. The summed E-state index contributed by atoms with van der Waals surface area (Å²) in [4.78, 5) is 25.3. The maximum Gasteiger partial charge on any atom is 0.193 e. The summed E-state index contributed by atoms with van der Waals surface area (Å²) in [5.74, 6) is 0.196. The lowest BCUT2D eigenvalue weighted by Gasteiger charge is -2.06. The van der Waals surface area contributed by atoms with E-state index in [-0.39, 0.29) is 11.6 Å². The monoisotopic (exact) mass is 462 g/mol. The fourth-order valence-corrected chi connectivity index (χ4v) is 4.70. The molecule has 0 fully saturated rings. The van der Waals surface area contributed by atoms with Crippen molar-refractivity contribution in [1.82, 2.24) is 0 Å². The first kappa shape index (κ1) is 28.0. The highest BCUT2D eigenvalue weighted by molar-refractivity contribution is 6.09. The molecule has 0 amide bonds. The molecule has 0 saturated heterocycles. The van der Waals surface area contributed by atoms with Crippen LogP contribution in [0.15, 0.2) is 42.5 Å². The van der Waals surface area contributed by atoms with Crippen LogP contribution in [0, 0.1) is 13.8 Å². The Hall–Kier alpha value is -2.22. The van der Waals surface area contributed by atoms with Crippen LogP contribution >= 0.6 is 0 Å². The van der Waals surface area contributed by atoms with Crippen molar-refractivity contribution in [1.29, 1.82) is 0 Å². The van der Waals surface area contributed by atoms with Crippen LogP contribution in [-0.2, 0) is 0 Å². The lowest BCUT2D eigenvalue weighted by Crippen LogP contribution is -2.04. The summed E-state index contributed by atoms with van der Waals surface area (Å²) in [5.41, 5.74) is 4.23. The van der Waals surface area contributed by atoms with Crippen LogP contribution in [-0.4, -0.2) is 11.6 Å². The number of unbranched alkanes of at least 4 members (excludes halogenated alkanes) is 13. The van der Waals surface area contributed by atoms with Gasteiger partial charge in [-0.3, -0.25) is 9.59 Å². The zero-order chi connectivity index (χ0) is 24.6. The minimum absolute atomic E-state index is 0.0118. The van der Waals surface area contributed by atoms with Crippen molar-refractivity contribution in [3.8, 4) is 0 Å². The fourth-order valence-electron chi connectivity index (χ4n) is 4.70. The average molecular weight is 463 g/mol. The number of ketones is 2. The standard InChI is InChI=1S/C32H46O2/c1-4-5-6-7-8-9-10-11-12-13-14-15-16-17-18-31(33)28-19-21-29(22-20-28)32(34)30-24-26(2)23-27(3)25-30/h19-25H,4-18H2,1-3H3. The predicted octanol–water partition coefficient (Wildman–Crippen LogP) is 9.59. The van der Waals surface area contributed by atoms with Crippen LogP contribution in [0.2, 0.25) is 0 Å². The molecule has 0 saturated carbocycles. The van der Waals surface area contributed by atoms with Gasteiger partial charge in [-0.15, -0.1) is 0 Å². The lowest BCUT2D eigenvalue weighted by atomic mass is 9.97. The van der Waals surface area contributed by atoms with Gasteiger partial charge in [-0.05, 0) is 32.4 Å². The first-order valence-electron chi connectivity index (χ1n) is 13.8. The van der Waals surface area contributed by atoms with Crippen LogP contribution in [0.4, 0.5) is 0 Å². The highest BCUT2D eigenvalue weighted by atomic mass is 16.1. The Labute approximate surface area is 208 Å². The second kappa shape index (κ2) is 16.4. The molecule has 2 aromatic rings. The van der Waals surface area contributed by atoms with Gasteiger partial charge in [0.25, 0.3) is 0 Å². The van der Waals surface area contributed by atoms with Crippen molar-refractivity contribution in [2.24, 2.45) is 0 Å². The number of hydrogen-bond donors (Lipinski definition) is 0. The Morgan fingerprint density at radius 3 is 1.41 bits per heavy atom. The molecule has 2 heteroatoms. The molecule has 34 heavy (non-hydrogen) atoms. The Kier molecular flexibility index (Phi) is 13.5. The summed E-state index contributed by atoms with van der Waals surface area (Å²) in [6.07, 6.45) is 19.1. The Bertz CT molecular complexity index is 843. The molecule has 0 unspecified atom stereocenters. The van der Waals surface area contributed by atoms with E-state index in [1.165, 1.54) is 77.0 Å². The van der Waals surface area contributed by atoms with Crippen LogP contribution in [0.3, 0.4) is 0 Å². The third-order valence-corrected chi connectivity index (χ3v) is 6.71. The number of aryl methyl sites for hydroxylation is 2. The van der Waals surface area contributed by atoms with Crippen molar-refractivity contribution >= 4 is 11.6 Å². The van der Waals surface area contributed by atoms with Gasteiger partial charge >= 0.3 is 0 Å². The number of rotatable bonds is 18. The van der Waals surface area contributed by atoms with Gasteiger partial charge in [-0.2, -0.15) is 0 Å². The zero-order valence-electron chi connectivity index (χ0n) is 22.0. The molecule has 2 rings (SSSR count). The van der Waals surface area contributed by atoms with Gasteiger partial charge in [0.05, 0.1) is 0 Å². The van der Waals surface area contributed by atoms with Gasteiger partial charge in [0, 0.05) is 23.1 Å². The Morgan fingerprint density at radius 1 is 0.529 bits per heavy atom. The van der Waals surface area contributed by atoms with Gasteiger partial charge in [-0.1, -0.05) is 132 Å². The molecule has 0 aliphatic carbocycles. The van der Waals surface area contributed by atoms with E-state index >= 15 is 0 Å². The highest BCUT2D eigenvalue weighted by Gasteiger charge is 2.12. The predicted molar refractivity (Wildman–Crippen MR) is 145 cm³/mol. The van der Waals surface area contributed by atoms with E-state index in [4.69, 9.17) is 0 Å². The van der Waals surface area contributed by atoms with Crippen LogP contribution in [0.5, 0.6) is 0 Å². The molecule has 2 aromatic carbocycles. The molecule has 0 bridgehead atoms. The molecular weight excluding hydrogens is 416 g/mol. The first-order valence-corrected chi connectivity index (χ1v) is 13.8. The quantitative estimate of drug-likeness (QED) is 0.163. The largest absolute Gasteiger partial charge is 0.294 e. The van der Waals surface area contributed by atoms with Gasteiger partial charge in [0.2, 0.25) is 0 Å². The topological polar surface area (TPSA) is 34.1 Å². The highest BCUT2D eigenvalue weighted by Crippen LogP contribution is 2.17. The van der Waals surface area contributed by atoms with E-state index in [2.05, 4.69) is 13.0 Å². The van der Waals surface area contributed by atoms with E-state index < -0.39 is 0 Å². The summed E-state index contributed by atoms with van der Waals surface area (Å²) >= 11 is 0. The summed E-state index contributed by atoms with van der Waals surface area (Å²) in [7, 11) is 0. The van der Waals surface area contributed by atoms with E-state index in [0.29, 0.717) is 23.1 Å². The number of Topliss-reactive ketones (excluding diaryl/α,β-unsaturated/α-hetero) is 1. The van der Waals surface area contributed by atoms with Crippen molar-refractivity contribution in [3.05, 3.63) is 70.3 Å². The smallest absolute Gasteiger partial charge is 0.193 e. The van der Waals surface area contributed by atoms with Crippen LogP contribution in [0.1, 0.15) is 141 Å². The molecule has 0 radical (unpaired) electrons. The maximum atomic E-state index is 12.8. The van der Waals surface area contributed by atoms with Gasteiger partial charge in [-0.25, -0.2) is 0 Å². The molecular formula is C32H46O2. The minimum Gasteiger partial charge on any atom is -0.294 e. The Morgan fingerprint density at radius 2 is 0.941 bits per heavy atom. The molecule has 0 aromatic heterocycles.